The fraction of sp³-hybridized carbons (Fsp3) is 0.240. The van der Waals surface area contributed by atoms with Crippen LogP contribution in [-0.4, -0.2) is 35.2 Å². The largest absolute Gasteiger partial charge is 0.493 e. The Morgan fingerprint density at radius 3 is 2.50 bits per heavy atom. The zero-order chi connectivity index (χ0) is 23.1. The highest BCUT2D eigenvalue weighted by atomic mass is 16.5. The summed E-state index contributed by atoms with van der Waals surface area (Å²) in [6.07, 6.45) is 4.97. The number of benzene rings is 2. The van der Waals surface area contributed by atoms with Crippen molar-refractivity contribution in [3.05, 3.63) is 77.1 Å². The predicted octanol–water partition coefficient (Wildman–Crippen LogP) is 4.44. The average molecular weight is 434 g/mol. The maximum atomic E-state index is 12.5. The number of allylic oxidation sites excluding steroid dienone is 1. The van der Waals surface area contributed by atoms with Gasteiger partial charge in [-0.1, -0.05) is 29.8 Å². The fourth-order valence-corrected chi connectivity index (χ4v) is 3.07. The van der Waals surface area contributed by atoms with Crippen molar-refractivity contribution in [2.75, 3.05) is 19.0 Å². The molecule has 1 N–H and O–H groups in total. The molecule has 0 spiro atoms. The molecule has 1 amide bonds. The third kappa shape index (κ3) is 5.85. The van der Waals surface area contributed by atoms with Crippen LogP contribution in [0.3, 0.4) is 0 Å². The van der Waals surface area contributed by atoms with Crippen LogP contribution in [-0.2, 0) is 11.3 Å². The minimum Gasteiger partial charge on any atom is -0.493 e. The molecule has 0 fully saturated rings. The van der Waals surface area contributed by atoms with E-state index in [0.29, 0.717) is 35.0 Å². The van der Waals surface area contributed by atoms with Gasteiger partial charge in [-0.05, 0) is 56.7 Å². The summed E-state index contributed by atoms with van der Waals surface area (Å²) in [6.45, 7) is 6.32. The van der Waals surface area contributed by atoms with Crippen LogP contribution in [0.1, 0.15) is 34.1 Å². The van der Waals surface area contributed by atoms with E-state index in [9.17, 15) is 9.59 Å². The van der Waals surface area contributed by atoms with Gasteiger partial charge in [0.1, 0.15) is 0 Å². The van der Waals surface area contributed by atoms with Crippen LogP contribution in [0.4, 0.5) is 5.69 Å². The normalized spacial score (nSPS) is 10.9. The average Bonchev–Trinajstić information content (AvgIpc) is 3.18. The Balaban J connectivity index is 1.62. The molecule has 1 heterocycles. The molecule has 0 saturated heterocycles. The lowest BCUT2D eigenvalue weighted by molar-refractivity contribution is -0.118. The van der Waals surface area contributed by atoms with Crippen LogP contribution in [0, 0.1) is 13.8 Å². The molecule has 0 bridgehead atoms. The zero-order valence-corrected chi connectivity index (χ0v) is 18.7. The molecule has 32 heavy (non-hydrogen) atoms. The van der Waals surface area contributed by atoms with Crippen LogP contribution in [0.2, 0.25) is 0 Å². The zero-order valence-electron chi connectivity index (χ0n) is 18.7. The summed E-state index contributed by atoms with van der Waals surface area (Å²) >= 11 is 0. The van der Waals surface area contributed by atoms with Crippen molar-refractivity contribution in [1.82, 2.24) is 9.78 Å². The first kappa shape index (κ1) is 22.8. The van der Waals surface area contributed by atoms with E-state index in [2.05, 4.69) is 10.4 Å². The highest BCUT2D eigenvalue weighted by Gasteiger charge is 2.11. The molecule has 7 nitrogen and oxygen atoms in total. The molecule has 3 rings (SSSR count). The second-order valence-corrected chi connectivity index (χ2v) is 7.29. The standard InChI is InChI=1S/C25H27N3O4/c1-5-28-15-21(18(3)27-28)22(29)12-8-19-9-13-23(24(14-19)31-4)32-16-25(30)26-20-10-6-17(2)7-11-20/h6-15H,5,16H2,1-4H3,(H,26,30)/b12-8+. The molecule has 0 radical (unpaired) electrons. The van der Waals surface area contributed by atoms with Gasteiger partial charge in [0.05, 0.1) is 18.4 Å². The molecule has 0 saturated carbocycles. The van der Waals surface area contributed by atoms with Gasteiger partial charge in [0, 0.05) is 18.4 Å². The molecule has 3 aromatic rings. The van der Waals surface area contributed by atoms with E-state index in [-0.39, 0.29) is 18.3 Å². The van der Waals surface area contributed by atoms with Gasteiger partial charge < -0.3 is 14.8 Å². The van der Waals surface area contributed by atoms with E-state index >= 15 is 0 Å². The van der Waals surface area contributed by atoms with E-state index in [1.807, 2.05) is 45.0 Å². The highest BCUT2D eigenvalue weighted by molar-refractivity contribution is 6.07. The number of carbonyl (C=O) groups excluding carboxylic acids is 2. The number of rotatable bonds is 9. The lowest BCUT2D eigenvalue weighted by Gasteiger charge is -2.11. The Kier molecular flexibility index (Phi) is 7.44. The van der Waals surface area contributed by atoms with E-state index in [1.54, 1.807) is 35.2 Å². The van der Waals surface area contributed by atoms with Crippen molar-refractivity contribution in [3.63, 3.8) is 0 Å². The van der Waals surface area contributed by atoms with Gasteiger partial charge in [-0.25, -0.2) is 0 Å². The number of carbonyl (C=O) groups is 2. The monoisotopic (exact) mass is 433 g/mol. The lowest BCUT2D eigenvalue weighted by atomic mass is 10.1. The Bertz CT molecular complexity index is 1130. The first-order valence-electron chi connectivity index (χ1n) is 10.3. The fourth-order valence-electron chi connectivity index (χ4n) is 3.07. The third-order valence-electron chi connectivity index (χ3n) is 4.84. The van der Waals surface area contributed by atoms with Gasteiger partial charge in [-0.2, -0.15) is 5.10 Å². The summed E-state index contributed by atoms with van der Waals surface area (Å²) in [5, 5.41) is 7.09. The van der Waals surface area contributed by atoms with Gasteiger partial charge in [-0.15, -0.1) is 0 Å². The van der Waals surface area contributed by atoms with Crippen LogP contribution >= 0.6 is 0 Å². The van der Waals surface area contributed by atoms with E-state index in [1.165, 1.54) is 13.2 Å². The van der Waals surface area contributed by atoms with E-state index in [4.69, 9.17) is 9.47 Å². The number of anilines is 1. The lowest BCUT2D eigenvalue weighted by Crippen LogP contribution is -2.20. The van der Waals surface area contributed by atoms with Crippen molar-refractivity contribution in [3.8, 4) is 11.5 Å². The quantitative estimate of drug-likeness (QED) is 0.398. The van der Waals surface area contributed by atoms with Gasteiger partial charge >= 0.3 is 0 Å². The Labute approximate surface area is 187 Å². The molecule has 0 aliphatic rings. The maximum Gasteiger partial charge on any atom is 0.262 e. The Morgan fingerprint density at radius 1 is 1.09 bits per heavy atom. The molecule has 0 atom stereocenters. The van der Waals surface area contributed by atoms with Gasteiger partial charge in [-0.3, -0.25) is 14.3 Å². The molecular weight excluding hydrogens is 406 g/mol. The number of nitrogens with zero attached hydrogens (tertiary/aromatic N) is 2. The number of methoxy groups -OCH3 is 1. The predicted molar refractivity (Wildman–Crippen MR) is 124 cm³/mol. The first-order valence-corrected chi connectivity index (χ1v) is 10.3. The Hall–Kier alpha value is -3.87. The molecule has 7 heteroatoms. The third-order valence-corrected chi connectivity index (χ3v) is 4.84. The minimum atomic E-state index is -0.270. The number of nitrogens with one attached hydrogen (secondary N) is 1. The number of hydrogen-bond acceptors (Lipinski definition) is 5. The number of aromatic nitrogens is 2. The summed E-state index contributed by atoms with van der Waals surface area (Å²) in [7, 11) is 1.52. The molecule has 0 unspecified atom stereocenters. The molecule has 0 aliphatic heterocycles. The molecule has 1 aromatic heterocycles. The summed E-state index contributed by atoms with van der Waals surface area (Å²) in [6, 6.07) is 12.8. The summed E-state index contributed by atoms with van der Waals surface area (Å²) in [5.41, 5.74) is 3.88. The molecular formula is C25H27N3O4. The van der Waals surface area contributed by atoms with Crippen molar-refractivity contribution >= 4 is 23.5 Å². The van der Waals surface area contributed by atoms with Gasteiger partial charge in [0.2, 0.25) is 0 Å². The second kappa shape index (κ2) is 10.4. The summed E-state index contributed by atoms with van der Waals surface area (Å²) in [4.78, 5) is 24.7. The first-order chi connectivity index (χ1) is 15.4. The smallest absolute Gasteiger partial charge is 0.262 e. The van der Waals surface area contributed by atoms with E-state index in [0.717, 1.165) is 11.1 Å². The van der Waals surface area contributed by atoms with Crippen LogP contribution in [0.5, 0.6) is 11.5 Å². The van der Waals surface area contributed by atoms with Crippen LogP contribution in [0.15, 0.2) is 54.7 Å². The number of hydrogen-bond donors (Lipinski definition) is 1. The van der Waals surface area contributed by atoms with E-state index < -0.39 is 0 Å². The minimum absolute atomic E-state index is 0.116. The van der Waals surface area contributed by atoms with Crippen molar-refractivity contribution in [2.45, 2.75) is 27.3 Å². The maximum absolute atomic E-state index is 12.5. The summed E-state index contributed by atoms with van der Waals surface area (Å²) in [5.74, 6) is 0.524. The van der Waals surface area contributed by atoms with Gasteiger partial charge in [0.15, 0.2) is 23.9 Å². The SMILES string of the molecule is CCn1cc(C(=O)/C=C/c2ccc(OCC(=O)Nc3ccc(C)cc3)c(OC)c2)c(C)n1. The number of ether oxygens (including phenoxy) is 2. The number of ketones is 1. The van der Waals surface area contributed by atoms with Crippen molar-refractivity contribution < 1.29 is 19.1 Å². The summed E-state index contributed by atoms with van der Waals surface area (Å²) < 4.78 is 12.8. The van der Waals surface area contributed by atoms with Gasteiger partial charge in [0.25, 0.3) is 5.91 Å². The van der Waals surface area contributed by atoms with Crippen molar-refractivity contribution in [1.29, 1.82) is 0 Å². The van der Waals surface area contributed by atoms with Crippen LogP contribution in [0.25, 0.3) is 6.08 Å². The highest BCUT2D eigenvalue weighted by Crippen LogP contribution is 2.28. The molecule has 166 valence electrons. The van der Waals surface area contributed by atoms with Crippen LogP contribution < -0.4 is 14.8 Å². The number of amides is 1. The van der Waals surface area contributed by atoms with Crippen molar-refractivity contribution in [2.24, 2.45) is 0 Å². The molecule has 2 aromatic carbocycles. The molecule has 0 aliphatic carbocycles. The topological polar surface area (TPSA) is 82.5 Å². The number of aryl methyl sites for hydroxylation is 3. The Morgan fingerprint density at radius 2 is 1.84 bits per heavy atom. The second-order valence-electron chi connectivity index (χ2n) is 7.29.